The lowest BCUT2D eigenvalue weighted by atomic mass is 9.95. The molecule has 1 heterocycles. The lowest BCUT2D eigenvalue weighted by Gasteiger charge is -2.26. The fourth-order valence-electron chi connectivity index (χ4n) is 4.10. The molecule has 0 saturated carbocycles. The van der Waals surface area contributed by atoms with Gasteiger partial charge in [-0.05, 0) is 36.1 Å². The lowest BCUT2D eigenvalue weighted by molar-refractivity contribution is -0.139. The number of ketones is 1. The molecular formula is C28H27NO4. The highest BCUT2D eigenvalue weighted by Gasteiger charge is 2.45. The topological polar surface area (TPSA) is 66.8 Å². The third-order valence-corrected chi connectivity index (χ3v) is 5.72. The summed E-state index contributed by atoms with van der Waals surface area (Å²) in [7, 11) is 0. The van der Waals surface area contributed by atoms with E-state index in [-0.39, 0.29) is 11.3 Å². The molecule has 4 rings (SSSR count). The molecule has 1 aliphatic heterocycles. The van der Waals surface area contributed by atoms with Gasteiger partial charge in [0.15, 0.2) is 0 Å². The number of aliphatic hydroxyl groups is 1. The molecule has 1 N–H and O–H groups in total. The Morgan fingerprint density at radius 1 is 0.939 bits per heavy atom. The van der Waals surface area contributed by atoms with Crippen LogP contribution in [-0.4, -0.2) is 34.8 Å². The van der Waals surface area contributed by atoms with Gasteiger partial charge in [-0.3, -0.25) is 9.59 Å². The first-order chi connectivity index (χ1) is 16.1. The van der Waals surface area contributed by atoms with Crippen LogP contribution >= 0.6 is 0 Å². The van der Waals surface area contributed by atoms with Crippen LogP contribution < -0.4 is 4.74 Å². The summed E-state index contributed by atoms with van der Waals surface area (Å²) in [6.45, 7) is 2.95. The third-order valence-electron chi connectivity index (χ3n) is 5.72. The van der Waals surface area contributed by atoms with Gasteiger partial charge in [-0.1, -0.05) is 79.7 Å². The predicted octanol–water partition coefficient (Wildman–Crippen LogP) is 5.14. The molecular weight excluding hydrogens is 414 g/mol. The van der Waals surface area contributed by atoms with Crippen molar-refractivity contribution in [3.05, 3.63) is 107 Å². The minimum Gasteiger partial charge on any atom is -0.507 e. The molecule has 3 aromatic rings. The van der Waals surface area contributed by atoms with E-state index in [9.17, 15) is 14.7 Å². The van der Waals surface area contributed by atoms with Gasteiger partial charge in [0.25, 0.3) is 11.7 Å². The Labute approximate surface area is 193 Å². The van der Waals surface area contributed by atoms with Crippen molar-refractivity contribution < 1.29 is 19.4 Å². The maximum absolute atomic E-state index is 13.1. The summed E-state index contributed by atoms with van der Waals surface area (Å²) in [5, 5.41) is 11.1. The van der Waals surface area contributed by atoms with Crippen molar-refractivity contribution >= 4 is 17.4 Å². The molecule has 0 aliphatic carbocycles. The van der Waals surface area contributed by atoms with Gasteiger partial charge in [-0.25, -0.2) is 0 Å². The molecule has 3 aromatic carbocycles. The van der Waals surface area contributed by atoms with Crippen LogP contribution in [0.1, 0.15) is 36.1 Å². The fourth-order valence-corrected chi connectivity index (χ4v) is 4.10. The number of amides is 1. The molecule has 0 bridgehead atoms. The summed E-state index contributed by atoms with van der Waals surface area (Å²) >= 11 is 0. The Morgan fingerprint density at radius 3 is 2.33 bits per heavy atom. The summed E-state index contributed by atoms with van der Waals surface area (Å²) in [5.41, 5.74) is 2.41. The van der Waals surface area contributed by atoms with E-state index in [1.165, 1.54) is 0 Å². The fraction of sp³-hybridized carbons (Fsp3) is 0.214. The van der Waals surface area contributed by atoms with Crippen LogP contribution in [0.5, 0.6) is 5.75 Å². The largest absolute Gasteiger partial charge is 0.507 e. The normalized spacial score (nSPS) is 17.4. The molecule has 1 saturated heterocycles. The first-order valence-electron chi connectivity index (χ1n) is 11.2. The van der Waals surface area contributed by atoms with Crippen LogP contribution in [0.15, 0.2) is 90.5 Å². The number of rotatable bonds is 8. The molecule has 1 unspecified atom stereocenters. The molecule has 1 aliphatic rings. The highest BCUT2D eigenvalue weighted by molar-refractivity contribution is 6.46. The number of likely N-dealkylation sites (tertiary alicyclic amines) is 1. The monoisotopic (exact) mass is 441 g/mol. The molecule has 168 valence electrons. The van der Waals surface area contributed by atoms with Crippen LogP contribution in [0.3, 0.4) is 0 Å². The molecule has 1 fully saturated rings. The van der Waals surface area contributed by atoms with Gasteiger partial charge in [0.2, 0.25) is 0 Å². The summed E-state index contributed by atoms with van der Waals surface area (Å²) in [4.78, 5) is 27.8. The average Bonchev–Trinajstić information content (AvgIpc) is 3.12. The smallest absolute Gasteiger partial charge is 0.295 e. The van der Waals surface area contributed by atoms with Crippen LogP contribution in [0.4, 0.5) is 0 Å². The van der Waals surface area contributed by atoms with Crippen molar-refractivity contribution in [2.45, 2.75) is 25.8 Å². The van der Waals surface area contributed by atoms with Crippen molar-refractivity contribution in [1.29, 1.82) is 0 Å². The van der Waals surface area contributed by atoms with E-state index in [1.807, 2.05) is 67.6 Å². The SMILES string of the molecule is CCCOc1cccc(C2/C(=C(\O)c3ccccc3)C(=O)C(=O)N2CCc2ccccc2)c1. The van der Waals surface area contributed by atoms with Crippen LogP contribution in [0, 0.1) is 0 Å². The summed E-state index contributed by atoms with van der Waals surface area (Å²) < 4.78 is 5.79. The number of Topliss-reactive ketones (excluding diaryl/α,β-unsaturated/α-hetero) is 1. The van der Waals surface area contributed by atoms with E-state index in [2.05, 4.69) is 0 Å². The molecule has 5 nitrogen and oxygen atoms in total. The first-order valence-corrected chi connectivity index (χ1v) is 11.2. The average molecular weight is 442 g/mol. The van der Waals surface area contributed by atoms with Gasteiger partial charge >= 0.3 is 0 Å². The Morgan fingerprint density at radius 2 is 1.64 bits per heavy atom. The molecule has 1 amide bonds. The zero-order chi connectivity index (χ0) is 23.2. The van der Waals surface area contributed by atoms with Crippen molar-refractivity contribution in [1.82, 2.24) is 4.90 Å². The Kier molecular flexibility index (Phi) is 6.89. The van der Waals surface area contributed by atoms with Gasteiger partial charge in [0, 0.05) is 12.1 Å². The number of hydrogen-bond acceptors (Lipinski definition) is 4. The predicted molar refractivity (Wildman–Crippen MR) is 128 cm³/mol. The van der Waals surface area contributed by atoms with E-state index in [0.29, 0.717) is 30.9 Å². The highest BCUT2D eigenvalue weighted by Crippen LogP contribution is 2.40. The summed E-state index contributed by atoms with van der Waals surface area (Å²) in [6, 6.07) is 25.4. The van der Waals surface area contributed by atoms with Crippen LogP contribution in [0.2, 0.25) is 0 Å². The minimum atomic E-state index is -0.695. The van der Waals surface area contributed by atoms with E-state index < -0.39 is 17.7 Å². The number of nitrogens with zero attached hydrogens (tertiary/aromatic N) is 1. The highest BCUT2D eigenvalue weighted by atomic mass is 16.5. The second-order valence-electron chi connectivity index (χ2n) is 8.02. The number of hydrogen-bond donors (Lipinski definition) is 1. The van der Waals surface area contributed by atoms with E-state index in [1.54, 1.807) is 29.2 Å². The molecule has 1 atom stereocenters. The molecule has 0 aromatic heterocycles. The van der Waals surface area contributed by atoms with Gasteiger partial charge in [0.05, 0.1) is 18.2 Å². The number of ether oxygens (including phenoxy) is 1. The summed E-state index contributed by atoms with van der Waals surface area (Å²) in [5.74, 6) is -0.772. The van der Waals surface area contributed by atoms with Gasteiger partial charge < -0.3 is 14.7 Å². The number of benzene rings is 3. The van der Waals surface area contributed by atoms with Crippen molar-refractivity contribution in [3.8, 4) is 5.75 Å². The van der Waals surface area contributed by atoms with Gasteiger partial charge in [0.1, 0.15) is 11.5 Å². The second kappa shape index (κ2) is 10.2. The van der Waals surface area contributed by atoms with E-state index in [0.717, 1.165) is 17.5 Å². The molecule has 33 heavy (non-hydrogen) atoms. The third kappa shape index (κ3) is 4.82. The molecule has 5 heteroatoms. The standard InChI is InChI=1S/C28H27NO4/c1-2-18-33-23-15-9-14-22(19-23)25-24(26(30)21-12-7-4-8-13-21)27(31)28(32)29(25)17-16-20-10-5-3-6-11-20/h3-15,19,25,30H,2,16-18H2,1H3/b26-24+. The van der Waals surface area contributed by atoms with Crippen molar-refractivity contribution in [2.75, 3.05) is 13.2 Å². The Hall–Kier alpha value is -3.86. The van der Waals surface area contributed by atoms with E-state index >= 15 is 0 Å². The van der Waals surface area contributed by atoms with Crippen molar-refractivity contribution in [2.24, 2.45) is 0 Å². The lowest BCUT2D eigenvalue weighted by Crippen LogP contribution is -2.31. The first kappa shape index (κ1) is 22.3. The zero-order valence-electron chi connectivity index (χ0n) is 18.6. The van der Waals surface area contributed by atoms with Gasteiger partial charge in [-0.15, -0.1) is 0 Å². The molecule has 0 radical (unpaired) electrons. The zero-order valence-corrected chi connectivity index (χ0v) is 18.6. The minimum absolute atomic E-state index is 0.104. The number of carbonyl (C=O) groups is 2. The Balaban J connectivity index is 1.77. The summed E-state index contributed by atoms with van der Waals surface area (Å²) in [6.07, 6.45) is 1.47. The van der Waals surface area contributed by atoms with Crippen LogP contribution in [0.25, 0.3) is 5.76 Å². The second-order valence-corrected chi connectivity index (χ2v) is 8.02. The maximum Gasteiger partial charge on any atom is 0.295 e. The van der Waals surface area contributed by atoms with Crippen molar-refractivity contribution in [3.63, 3.8) is 0 Å². The number of carbonyl (C=O) groups excluding carboxylic acids is 2. The number of aliphatic hydroxyl groups excluding tert-OH is 1. The molecule has 0 spiro atoms. The quantitative estimate of drug-likeness (QED) is 0.299. The Bertz CT molecular complexity index is 1150. The maximum atomic E-state index is 13.1. The van der Waals surface area contributed by atoms with E-state index in [4.69, 9.17) is 4.74 Å². The van der Waals surface area contributed by atoms with Crippen LogP contribution in [-0.2, 0) is 16.0 Å². The van der Waals surface area contributed by atoms with Gasteiger partial charge in [-0.2, -0.15) is 0 Å².